The summed E-state index contributed by atoms with van der Waals surface area (Å²) in [6.45, 7) is 2.05. The molecule has 86 valence electrons. The van der Waals surface area contributed by atoms with Crippen LogP contribution in [-0.4, -0.2) is 10.2 Å². The molecule has 0 fully saturated rings. The lowest BCUT2D eigenvalue weighted by molar-refractivity contribution is 0.571. The predicted molar refractivity (Wildman–Crippen MR) is 78.6 cm³/mol. The molecule has 0 aliphatic carbocycles. The van der Waals surface area contributed by atoms with Crippen LogP contribution in [0.1, 0.15) is 11.1 Å². The lowest BCUT2D eigenvalue weighted by Gasteiger charge is -2.06. The molecule has 2 aromatic rings. The maximum Gasteiger partial charge on any atom is 0.188 e. The molecule has 0 heterocycles. The van der Waals surface area contributed by atoms with Gasteiger partial charge in [-0.2, -0.15) is 0 Å². The van der Waals surface area contributed by atoms with Crippen molar-refractivity contribution in [2.45, 2.75) is 6.92 Å². The topological polar surface area (TPSA) is 20.2 Å². The van der Waals surface area contributed by atoms with E-state index in [1.807, 2.05) is 24.3 Å². The van der Waals surface area contributed by atoms with E-state index in [1.165, 1.54) is 5.56 Å². The Labute approximate surface area is 114 Å². The highest BCUT2D eigenvalue weighted by Crippen LogP contribution is 2.25. The highest BCUT2D eigenvalue weighted by atomic mass is 79.9. The third-order valence-electron chi connectivity index (χ3n) is 2.48. The first-order valence-electron chi connectivity index (χ1n) is 5.17. The zero-order valence-corrected chi connectivity index (χ0v) is 11.7. The molecule has 1 nitrogen and oxygen atoms in total. The summed E-state index contributed by atoms with van der Waals surface area (Å²) in [6.07, 6.45) is 0. The van der Waals surface area contributed by atoms with E-state index >= 15 is 0 Å². The number of aliphatic hydroxyl groups excluding tert-OH is 1. The van der Waals surface area contributed by atoms with Gasteiger partial charge >= 0.3 is 0 Å². The largest absolute Gasteiger partial charge is 0.499 e. The molecule has 0 atom stereocenters. The highest BCUT2D eigenvalue weighted by molar-refractivity contribution is 9.10. The summed E-state index contributed by atoms with van der Waals surface area (Å²) in [5.41, 5.74) is 4.01. The molecular weight excluding hydrogens is 296 g/mol. The number of rotatable bonds is 2. The van der Waals surface area contributed by atoms with Crippen LogP contribution in [0.15, 0.2) is 46.9 Å². The molecule has 0 aromatic heterocycles. The quantitative estimate of drug-likeness (QED) is 0.814. The summed E-state index contributed by atoms with van der Waals surface area (Å²) in [6, 6.07) is 13.8. The van der Waals surface area contributed by atoms with Gasteiger partial charge in [0.15, 0.2) is 5.05 Å². The average molecular weight is 307 g/mol. The molecule has 3 heteroatoms. The third-order valence-corrected chi connectivity index (χ3v) is 3.18. The Bertz CT molecular complexity index is 558. The van der Waals surface area contributed by atoms with Crippen LogP contribution in [0.4, 0.5) is 0 Å². The summed E-state index contributed by atoms with van der Waals surface area (Å²) in [5.74, 6) is 0. The van der Waals surface area contributed by atoms with Crippen molar-refractivity contribution in [1.82, 2.24) is 0 Å². The Morgan fingerprint density at radius 2 is 1.88 bits per heavy atom. The van der Waals surface area contributed by atoms with Gasteiger partial charge in [0.25, 0.3) is 0 Å². The Morgan fingerprint density at radius 1 is 1.12 bits per heavy atom. The number of benzene rings is 2. The van der Waals surface area contributed by atoms with E-state index in [4.69, 9.17) is 12.2 Å². The second-order valence-electron chi connectivity index (χ2n) is 3.90. The number of hydrogen-bond donors (Lipinski definition) is 1. The maximum absolute atomic E-state index is 9.33. The van der Waals surface area contributed by atoms with Gasteiger partial charge in [-0.15, -0.1) is 0 Å². The van der Waals surface area contributed by atoms with Gasteiger partial charge in [0.1, 0.15) is 0 Å². The lowest BCUT2D eigenvalue weighted by Crippen LogP contribution is -1.94. The minimum atomic E-state index is -0.0708. The van der Waals surface area contributed by atoms with Crippen molar-refractivity contribution in [2.24, 2.45) is 0 Å². The molecule has 0 radical (unpaired) electrons. The zero-order chi connectivity index (χ0) is 12.4. The van der Waals surface area contributed by atoms with Crippen LogP contribution < -0.4 is 0 Å². The fourth-order valence-corrected chi connectivity index (χ4v) is 2.47. The molecule has 0 aliphatic heterocycles. The Balaban J connectivity index is 2.52. The van der Waals surface area contributed by atoms with E-state index in [0.29, 0.717) is 5.56 Å². The number of hydrogen-bond acceptors (Lipinski definition) is 1. The van der Waals surface area contributed by atoms with E-state index < -0.39 is 0 Å². The summed E-state index contributed by atoms with van der Waals surface area (Å²) < 4.78 is 1.05. The molecule has 0 saturated heterocycles. The van der Waals surface area contributed by atoms with Gasteiger partial charge < -0.3 is 5.11 Å². The van der Waals surface area contributed by atoms with Crippen molar-refractivity contribution >= 4 is 33.2 Å². The van der Waals surface area contributed by atoms with Crippen molar-refractivity contribution in [3.63, 3.8) is 0 Å². The van der Waals surface area contributed by atoms with Gasteiger partial charge in [-0.25, -0.2) is 0 Å². The van der Waals surface area contributed by atoms with Crippen LogP contribution in [-0.2, 0) is 0 Å². The van der Waals surface area contributed by atoms with Gasteiger partial charge in [0, 0.05) is 10.0 Å². The first-order chi connectivity index (χ1) is 8.06. The second kappa shape index (κ2) is 4.98. The van der Waals surface area contributed by atoms with Gasteiger partial charge in [-0.05, 0) is 54.0 Å². The van der Waals surface area contributed by atoms with Crippen molar-refractivity contribution in [1.29, 1.82) is 0 Å². The Hall–Kier alpha value is -1.19. The van der Waals surface area contributed by atoms with Crippen molar-refractivity contribution < 1.29 is 5.11 Å². The number of halogens is 1. The van der Waals surface area contributed by atoms with Crippen LogP contribution >= 0.6 is 28.1 Å². The monoisotopic (exact) mass is 306 g/mol. The summed E-state index contributed by atoms with van der Waals surface area (Å²) in [4.78, 5) is 0. The highest BCUT2D eigenvalue weighted by Gasteiger charge is 2.03. The van der Waals surface area contributed by atoms with Crippen LogP contribution in [0, 0.1) is 6.92 Å². The summed E-state index contributed by atoms with van der Waals surface area (Å²) in [7, 11) is 0. The van der Waals surface area contributed by atoms with Crippen molar-refractivity contribution in [3.05, 3.63) is 58.1 Å². The third kappa shape index (κ3) is 2.93. The normalized spacial score (nSPS) is 10.2. The maximum atomic E-state index is 9.33. The minimum Gasteiger partial charge on any atom is -0.499 e. The lowest BCUT2D eigenvalue weighted by atomic mass is 10.0. The van der Waals surface area contributed by atoms with Crippen LogP contribution in [0.25, 0.3) is 11.1 Å². The molecule has 0 aliphatic rings. The molecule has 17 heavy (non-hydrogen) atoms. The molecular formula is C14H11BrOS. The Kier molecular flexibility index (Phi) is 3.60. The molecule has 2 rings (SSSR count). The first-order valence-corrected chi connectivity index (χ1v) is 6.37. The standard InChI is InChI=1S/C14H11BrOS/c1-9-5-12(8-13(15)6-9)10-3-2-4-11(7-10)14(16)17/h2-8H,1H3,(H,16,17). The van der Waals surface area contributed by atoms with Gasteiger partial charge in [0.2, 0.25) is 0 Å². The van der Waals surface area contributed by atoms with E-state index in [0.717, 1.165) is 15.6 Å². The fourth-order valence-electron chi connectivity index (χ4n) is 1.73. The Morgan fingerprint density at radius 3 is 2.53 bits per heavy atom. The van der Waals surface area contributed by atoms with Crippen LogP contribution in [0.5, 0.6) is 0 Å². The number of aryl methyl sites for hydroxylation is 1. The molecule has 2 aromatic carbocycles. The van der Waals surface area contributed by atoms with Crippen molar-refractivity contribution in [3.8, 4) is 11.1 Å². The average Bonchev–Trinajstić information content (AvgIpc) is 2.28. The minimum absolute atomic E-state index is 0.0708. The van der Waals surface area contributed by atoms with Crippen molar-refractivity contribution in [2.75, 3.05) is 0 Å². The SMILES string of the molecule is Cc1cc(Br)cc(-c2cccc(C(O)=S)c2)c1. The summed E-state index contributed by atoms with van der Waals surface area (Å²) >= 11 is 8.25. The number of thiocarbonyl (C=S) groups is 1. The van der Waals surface area contributed by atoms with Gasteiger partial charge in [0.05, 0.1) is 0 Å². The molecule has 0 amide bonds. The first kappa shape index (κ1) is 12.3. The molecule has 0 bridgehead atoms. The summed E-state index contributed by atoms with van der Waals surface area (Å²) in [5, 5.41) is 9.26. The van der Waals surface area contributed by atoms with Crippen LogP contribution in [0.3, 0.4) is 0 Å². The molecule has 1 N–H and O–H groups in total. The molecule has 0 unspecified atom stereocenters. The molecule has 0 saturated carbocycles. The fraction of sp³-hybridized carbons (Fsp3) is 0.0714. The predicted octanol–water partition coefficient (Wildman–Crippen LogP) is 4.66. The van der Waals surface area contributed by atoms with Gasteiger partial charge in [-0.1, -0.05) is 40.2 Å². The second-order valence-corrected chi connectivity index (χ2v) is 5.21. The van der Waals surface area contributed by atoms with Crippen LogP contribution in [0.2, 0.25) is 0 Å². The smallest absolute Gasteiger partial charge is 0.188 e. The van der Waals surface area contributed by atoms with E-state index in [-0.39, 0.29) is 5.05 Å². The van der Waals surface area contributed by atoms with E-state index in [2.05, 4.69) is 35.0 Å². The van der Waals surface area contributed by atoms with E-state index in [9.17, 15) is 5.11 Å². The zero-order valence-electron chi connectivity index (χ0n) is 9.27. The van der Waals surface area contributed by atoms with Gasteiger partial charge in [-0.3, -0.25) is 0 Å². The molecule has 0 spiro atoms. The number of aliphatic hydroxyl groups is 1. The van der Waals surface area contributed by atoms with E-state index in [1.54, 1.807) is 6.07 Å².